The summed E-state index contributed by atoms with van der Waals surface area (Å²) in [7, 11) is 0. The van der Waals surface area contributed by atoms with Crippen LogP contribution < -0.4 is 25.0 Å². The third kappa shape index (κ3) is 4.60. The highest BCUT2D eigenvalue weighted by molar-refractivity contribution is 6.00. The number of rotatable bonds is 5. The Balaban J connectivity index is 1.30. The Morgan fingerprint density at radius 2 is 1.68 bits per heavy atom. The van der Waals surface area contributed by atoms with Gasteiger partial charge in [0.1, 0.15) is 5.82 Å². The molecule has 0 bridgehead atoms. The van der Waals surface area contributed by atoms with Gasteiger partial charge in [0.15, 0.2) is 17.3 Å². The summed E-state index contributed by atoms with van der Waals surface area (Å²) in [6, 6.07) is 12.5. The molecule has 0 saturated carbocycles. The van der Waals surface area contributed by atoms with Crippen LogP contribution in [0.1, 0.15) is 18.2 Å². The van der Waals surface area contributed by atoms with Crippen molar-refractivity contribution in [3.63, 3.8) is 0 Å². The number of ether oxygens (including phenoxy) is 3. The van der Waals surface area contributed by atoms with E-state index >= 15 is 0 Å². The minimum absolute atomic E-state index is 0.190. The van der Waals surface area contributed by atoms with Gasteiger partial charge in [-0.3, -0.25) is 0 Å². The molecule has 2 aliphatic rings. The van der Waals surface area contributed by atoms with Crippen molar-refractivity contribution in [2.45, 2.75) is 20.3 Å². The first-order chi connectivity index (χ1) is 16.6. The maximum atomic E-state index is 12.4. The average Bonchev–Trinajstić information content (AvgIpc) is 3.33. The summed E-state index contributed by atoms with van der Waals surface area (Å²) < 4.78 is 16.1. The summed E-state index contributed by atoms with van der Waals surface area (Å²) in [5.74, 6) is 2.93. The lowest BCUT2D eigenvalue weighted by atomic mass is 10.1. The van der Waals surface area contributed by atoms with Crippen LogP contribution in [-0.2, 0) is 11.2 Å². The molecule has 9 nitrogen and oxygen atoms in total. The highest BCUT2D eigenvalue weighted by Crippen LogP contribution is 2.34. The summed E-state index contributed by atoms with van der Waals surface area (Å²) in [6.07, 6.45) is 0.832. The Labute approximate surface area is 198 Å². The predicted octanol–water partition coefficient (Wildman–Crippen LogP) is 4.22. The number of anilines is 3. The van der Waals surface area contributed by atoms with Gasteiger partial charge < -0.3 is 29.7 Å². The van der Waals surface area contributed by atoms with Crippen molar-refractivity contribution in [3.05, 3.63) is 53.7 Å². The number of amides is 2. The van der Waals surface area contributed by atoms with Crippen LogP contribution in [0.5, 0.6) is 11.5 Å². The molecule has 9 heteroatoms. The summed E-state index contributed by atoms with van der Waals surface area (Å²) in [5.41, 5.74) is 4.33. The van der Waals surface area contributed by atoms with Crippen LogP contribution in [-0.4, -0.2) is 49.1 Å². The quantitative estimate of drug-likeness (QED) is 0.587. The molecule has 34 heavy (non-hydrogen) atoms. The highest BCUT2D eigenvalue weighted by Gasteiger charge is 2.19. The fraction of sp³-hybridized carbons (Fsp3) is 0.320. The minimum atomic E-state index is -0.346. The second-order valence-corrected chi connectivity index (χ2v) is 8.12. The third-order valence-corrected chi connectivity index (χ3v) is 5.90. The van der Waals surface area contributed by atoms with Gasteiger partial charge in [0.05, 0.1) is 13.2 Å². The molecule has 0 atom stereocenters. The van der Waals surface area contributed by atoms with Gasteiger partial charge >= 0.3 is 6.03 Å². The number of aromatic nitrogens is 2. The third-order valence-electron chi connectivity index (χ3n) is 5.90. The Morgan fingerprint density at radius 1 is 0.971 bits per heavy atom. The first-order valence-corrected chi connectivity index (χ1v) is 11.4. The van der Waals surface area contributed by atoms with Crippen molar-refractivity contribution in [1.82, 2.24) is 9.97 Å². The van der Waals surface area contributed by atoms with E-state index in [-0.39, 0.29) is 12.8 Å². The molecule has 2 aromatic carbocycles. The van der Waals surface area contributed by atoms with Crippen molar-refractivity contribution in [2.24, 2.45) is 0 Å². The lowest BCUT2D eigenvalue weighted by Gasteiger charge is -2.29. The normalized spacial score (nSPS) is 14.7. The standard InChI is InChI=1S/C25H27N5O4/c1-3-20-16(2)24(30-10-12-32-13-11-30)29-23(28-20)17-4-6-18(7-5-17)26-25(31)27-19-8-9-21-22(14-19)34-15-33-21/h4-9,14H,3,10-13,15H2,1-2H3,(H2,26,27,31). The Bertz CT molecular complexity index is 1190. The average molecular weight is 462 g/mol. The molecule has 1 aromatic heterocycles. The molecule has 3 aromatic rings. The number of urea groups is 1. The Morgan fingerprint density at radius 3 is 2.44 bits per heavy atom. The van der Waals surface area contributed by atoms with Crippen LogP contribution in [0.25, 0.3) is 11.4 Å². The Hall–Kier alpha value is -3.85. The van der Waals surface area contributed by atoms with E-state index < -0.39 is 0 Å². The smallest absolute Gasteiger partial charge is 0.323 e. The summed E-state index contributed by atoms with van der Waals surface area (Å²) in [4.78, 5) is 24.4. The first kappa shape index (κ1) is 22.0. The van der Waals surface area contributed by atoms with Gasteiger partial charge in [-0.25, -0.2) is 14.8 Å². The first-order valence-electron chi connectivity index (χ1n) is 11.4. The molecule has 176 valence electrons. The number of morpholine rings is 1. The summed E-state index contributed by atoms with van der Waals surface area (Å²) >= 11 is 0. The number of carbonyl (C=O) groups excluding carboxylic acids is 1. The molecule has 0 unspecified atom stereocenters. The van der Waals surface area contributed by atoms with E-state index in [4.69, 9.17) is 24.2 Å². The molecule has 0 radical (unpaired) electrons. The van der Waals surface area contributed by atoms with E-state index in [0.29, 0.717) is 41.9 Å². The molecule has 2 amide bonds. The molecule has 2 aliphatic heterocycles. The van der Waals surface area contributed by atoms with Crippen molar-refractivity contribution < 1.29 is 19.0 Å². The van der Waals surface area contributed by atoms with E-state index in [0.717, 1.165) is 42.1 Å². The zero-order valence-electron chi connectivity index (χ0n) is 19.3. The van der Waals surface area contributed by atoms with Gasteiger partial charge in [-0.15, -0.1) is 0 Å². The molecule has 1 fully saturated rings. The number of aryl methyl sites for hydroxylation is 1. The van der Waals surface area contributed by atoms with E-state index in [2.05, 4.69) is 29.4 Å². The molecular formula is C25H27N5O4. The van der Waals surface area contributed by atoms with Crippen LogP contribution in [0.4, 0.5) is 22.0 Å². The number of fused-ring (bicyclic) bond motifs is 1. The summed E-state index contributed by atoms with van der Waals surface area (Å²) in [6.45, 7) is 7.43. The highest BCUT2D eigenvalue weighted by atomic mass is 16.7. The van der Waals surface area contributed by atoms with Crippen LogP contribution in [0.15, 0.2) is 42.5 Å². The van der Waals surface area contributed by atoms with Gasteiger partial charge in [-0.05, 0) is 49.7 Å². The van der Waals surface area contributed by atoms with E-state index in [1.165, 1.54) is 0 Å². The van der Waals surface area contributed by atoms with E-state index in [1.807, 2.05) is 24.3 Å². The minimum Gasteiger partial charge on any atom is -0.454 e. The van der Waals surface area contributed by atoms with Crippen molar-refractivity contribution in [2.75, 3.05) is 48.6 Å². The fourth-order valence-corrected chi connectivity index (χ4v) is 4.08. The fourth-order valence-electron chi connectivity index (χ4n) is 4.08. The van der Waals surface area contributed by atoms with Crippen LogP contribution in [0.2, 0.25) is 0 Å². The summed E-state index contributed by atoms with van der Waals surface area (Å²) in [5, 5.41) is 5.65. The number of hydrogen-bond acceptors (Lipinski definition) is 7. The lowest BCUT2D eigenvalue weighted by Crippen LogP contribution is -2.37. The van der Waals surface area contributed by atoms with Crippen molar-refractivity contribution in [1.29, 1.82) is 0 Å². The van der Waals surface area contributed by atoms with Crippen molar-refractivity contribution >= 4 is 23.2 Å². The molecule has 5 rings (SSSR count). The van der Waals surface area contributed by atoms with Gasteiger partial charge in [0.2, 0.25) is 6.79 Å². The molecule has 3 heterocycles. The molecular weight excluding hydrogens is 434 g/mol. The number of hydrogen-bond donors (Lipinski definition) is 2. The van der Waals surface area contributed by atoms with Gasteiger partial charge in [-0.1, -0.05) is 6.92 Å². The van der Waals surface area contributed by atoms with Crippen LogP contribution in [0.3, 0.4) is 0 Å². The van der Waals surface area contributed by atoms with Crippen LogP contribution in [0, 0.1) is 6.92 Å². The number of carbonyl (C=O) groups is 1. The zero-order chi connectivity index (χ0) is 23.5. The Kier molecular flexibility index (Phi) is 6.18. The maximum absolute atomic E-state index is 12.4. The monoisotopic (exact) mass is 461 g/mol. The lowest BCUT2D eigenvalue weighted by molar-refractivity contribution is 0.122. The van der Waals surface area contributed by atoms with Gasteiger partial charge in [0, 0.05) is 47.4 Å². The molecule has 1 saturated heterocycles. The van der Waals surface area contributed by atoms with E-state index in [1.54, 1.807) is 18.2 Å². The topological polar surface area (TPSA) is 97.8 Å². The number of nitrogens with one attached hydrogen (secondary N) is 2. The van der Waals surface area contributed by atoms with E-state index in [9.17, 15) is 4.79 Å². The SMILES string of the molecule is CCc1nc(-c2ccc(NC(=O)Nc3ccc4c(c3)OCO4)cc2)nc(N2CCOCC2)c1C. The molecule has 2 N–H and O–H groups in total. The van der Waals surface area contributed by atoms with Crippen molar-refractivity contribution in [3.8, 4) is 22.9 Å². The zero-order valence-corrected chi connectivity index (χ0v) is 19.3. The number of nitrogens with zero attached hydrogens (tertiary/aromatic N) is 3. The number of benzene rings is 2. The second kappa shape index (κ2) is 9.56. The van der Waals surface area contributed by atoms with Gasteiger partial charge in [0.25, 0.3) is 0 Å². The molecule has 0 spiro atoms. The maximum Gasteiger partial charge on any atom is 0.323 e. The second-order valence-electron chi connectivity index (χ2n) is 8.12. The predicted molar refractivity (Wildman–Crippen MR) is 130 cm³/mol. The molecule has 0 aliphatic carbocycles. The van der Waals surface area contributed by atoms with Crippen LogP contribution >= 0.6 is 0 Å². The van der Waals surface area contributed by atoms with Gasteiger partial charge in [-0.2, -0.15) is 0 Å². The largest absolute Gasteiger partial charge is 0.454 e.